The van der Waals surface area contributed by atoms with Gasteiger partial charge in [-0.25, -0.2) is 23.8 Å². The van der Waals surface area contributed by atoms with Crippen LogP contribution >= 0.6 is 11.3 Å². The number of aliphatic carboxylic acids is 2. The van der Waals surface area contributed by atoms with E-state index in [1.807, 2.05) is 6.07 Å². The highest BCUT2D eigenvalue weighted by molar-refractivity contribution is 7.13. The van der Waals surface area contributed by atoms with Crippen molar-refractivity contribution >= 4 is 35.2 Å². The molecule has 34 heavy (non-hydrogen) atoms. The monoisotopic (exact) mass is 488 g/mol. The second kappa shape index (κ2) is 11.4. The molecular formula is C22H21FN4O6S. The highest BCUT2D eigenvalue weighted by Gasteiger charge is 2.36. The van der Waals surface area contributed by atoms with Gasteiger partial charge < -0.3 is 14.9 Å². The lowest BCUT2D eigenvalue weighted by Gasteiger charge is -2.43. The first kappa shape index (κ1) is 24.8. The summed E-state index contributed by atoms with van der Waals surface area (Å²) in [6.45, 7) is 2.94. The summed E-state index contributed by atoms with van der Waals surface area (Å²) in [7, 11) is 0. The van der Waals surface area contributed by atoms with Crippen LogP contribution < -0.4 is 5.32 Å². The van der Waals surface area contributed by atoms with E-state index in [0.29, 0.717) is 34.3 Å². The summed E-state index contributed by atoms with van der Waals surface area (Å²) < 4.78 is 19.1. The van der Waals surface area contributed by atoms with E-state index in [1.165, 1.54) is 23.5 Å². The highest BCUT2D eigenvalue weighted by atomic mass is 32.1. The number of aromatic nitrogens is 1. The predicted octanol–water partition coefficient (Wildman–Crippen LogP) is 3.18. The van der Waals surface area contributed by atoms with Gasteiger partial charge in [0.25, 0.3) is 0 Å². The minimum Gasteiger partial charge on any atom is -0.478 e. The molecule has 178 valence electrons. The Hall–Kier alpha value is -3.82. The van der Waals surface area contributed by atoms with E-state index in [9.17, 15) is 18.8 Å². The number of carboxylic acids is 2. The van der Waals surface area contributed by atoms with Crippen LogP contribution in [-0.4, -0.2) is 63.9 Å². The van der Waals surface area contributed by atoms with Gasteiger partial charge in [-0.3, -0.25) is 10.2 Å². The maximum Gasteiger partial charge on any atom is 0.413 e. The molecule has 3 saturated heterocycles. The minimum absolute atomic E-state index is 0.0447. The molecule has 1 atom stereocenters. The Bertz CT molecular complexity index is 1120. The van der Waals surface area contributed by atoms with E-state index < -0.39 is 23.8 Å². The van der Waals surface area contributed by atoms with Crippen molar-refractivity contribution < 1.29 is 33.7 Å². The Morgan fingerprint density at radius 2 is 1.91 bits per heavy atom. The summed E-state index contributed by atoms with van der Waals surface area (Å²) in [4.78, 5) is 38.6. The van der Waals surface area contributed by atoms with E-state index in [4.69, 9.17) is 20.2 Å². The molecule has 5 rings (SSSR count). The molecule has 1 aromatic heterocycles. The number of fused-ring (bicyclic) bond motifs is 3. The van der Waals surface area contributed by atoms with Crippen molar-refractivity contribution in [1.82, 2.24) is 9.88 Å². The topological polar surface area (TPSA) is 153 Å². The van der Waals surface area contributed by atoms with E-state index >= 15 is 0 Å². The number of rotatable bonds is 5. The van der Waals surface area contributed by atoms with Crippen LogP contribution in [0.4, 0.5) is 15.0 Å². The third-order valence-corrected chi connectivity index (χ3v) is 6.24. The molecule has 0 radical (unpaired) electrons. The van der Waals surface area contributed by atoms with E-state index in [0.717, 1.165) is 32.5 Å². The summed E-state index contributed by atoms with van der Waals surface area (Å²) >= 11 is 1.31. The lowest BCUT2D eigenvalue weighted by molar-refractivity contribution is -0.134. The number of hydrogen-bond acceptors (Lipinski definition) is 8. The average Bonchev–Trinajstić information content (AvgIpc) is 3.27. The molecule has 3 aliphatic rings. The van der Waals surface area contributed by atoms with Crippen molar-refractivity contribution in [2.75, 3.05) is 25.0 Å². The number of halogens is 1. The number of piperidine rings is 3. The molecule has 2 aromatic rings. The Morgan fingerprint density at radius 1 is 1.24 bits per heavy atom. The van der Waals surface area contributed by atoms with Crippen molar-refractivity contribution in [3.63, 3.8) is 0 Å². The summed E-state index contributed by atoms with van der Waals surface area (Å²) in [5.74, 6) is -2.30. The number of nitriles is 1. The maximum atomic E-state index is 13.5. The molecule has 0 aliphatic carbocycles. The van der Waals surface area contributed by atoms with Gasteiger partial charge in [-0.05, 0) is 49.5 Å². The van der Waals surface area contributed by atoms with Gasteiger partial charge in [-0.1, -0.05) is 6.07 Å². The van der Waals surface area contributed by atoms with Crippen LogP contribution in [0.25, 0.3) is 10.4 Å². The number of carboxylic acid groups (broad SMARTS) is 2. The summed E-state index contributed by atoms with van der Waals surface area (Å²) in [6, 6.07) is 6.07. The van der Waals surface area contributed by atoms with Gasteiger partial charge in [0.1, 0.15) is 18.0 Å². The molecule has 1 aromatic carbocycles. The molecule has 2 bridgehead atoms. The Labute approximate surface area is 197 Å². The molecule has 12 heteroatoms. The molecule has 4 heterocycles. The predicted molar refractivity (Wildman–Crippen MR) is 120 cm³/mol. The second-order valence-electron chi connectivity index (χ2n) is 7.55. The Morgan fingerprint density at radius 3 is 2.47 bits per heavy atom. The Balaban J connectivity index is 0.000000350. The number of anilines is 1. The first-order chi connectivity index (χ1) is 16.3. The molecule has 10 nitrogen and oxygen atoms in total. The zero-order valence-electron chi connectivity index (χ0n) is 17.8. The van der Waals surface area contributed by atoms with Gasteiger partial charge in [0.15, 0.2) is 5.82 Å². The molecule has 0 saturated carbocycles. The third kappa shape index (κ3) is 6.60. The summed E-state index contributed by atoms with van der Waals surface area (Å²) in [5.41, 5.74) is 2.18. The second-order valence-corrected chi connectivity index (χ2v) is 8.41. The van der Waals surface area contributed by atoms with Gasteiger partial charge in [0, 0.05) is 18.7 Å². The molecular weight excluding hydrogens is 467 g/mol. The highest BCUT2D eigenvalue weighted by Crippen LogP contribution is 2.33. The normalized spacial score (nSPS) is 20.6. The first-order valence-electron chi connectivity index (χ1n) is 10.2. The largest absolute Gasteiger partial charge is 0.478 e. The molecule has 1 amide bonds. The van der Waals surface area contributed by atoms with Crippen molar-refractivity contribution in [1.29, 1.82) is 5.26 Å². The lowest BCUT2D eigenvalue weighted by Crippen LogP contribution is -2.52. The zero-order chi connectivity index (χ0) is 24.7. The van der Waals surface area contributed by atoms with Crippen molar-refractivity contribution in [2.24, 2.45) is 5.92 Å². The van der Waals surface area contributed by atoms with Crippen LogP contribution in [0.15, 0.2) is 35.9 Å². The van der Waals surface area contributed by atoms with Crippen LogP contribution in [0.2, 0.25) is 0 Å². The number of nitrogens with one attached hydrogen (secondary N) is 1. The fraction of sp³-hybridized carbons (Fsp3) is 0.318. The number of thiazole rings is 1. The molecule has 0 unspecified atom stereocenters. The summed E-state index contributed by atoms with van der Waals surface area (Å²) in [5, 5.41) is 27.3. The third-order valence-electron chi connectivity index (χ3n) is 5.36. The number of ether oxygens (including phenoxy) is 1. The number of amides is 1. The standard InChI is InChI=1S/C18H17FN4O2S.C4H4O4/c19-14-2-1-12(7-13(14)8-20)16-17(21-10-26-16)22-18(24)25-15-9-23-5-3-11(15)4-6-23;5-3(6)1-2-4(7)8/h1-2,7,10-11,15H,3-6,9H2,(H,22,24);1-2H,(H,5,6)(H,7,8)/b;2-1+/t15-;/m0./s1. The number of benzene rings is 1. The maximum absolute atomic E-state index is 13.5. The summed E-state index contributed by atoms with van der Waals surface area (Å²) in [6.07, 6.45) is 2.62. The van der Waals surface area contributed by atoms with Crippen molar-refractivity contribution in [3.05, 3.63) is 47.2 Å². The fourth-order valence-electron chi connectivity index (χ4n) is 3.74. The van der Waals surface area contributed by atoms with Gasteiger partial charge >= 0.3 is 18.0 Å². The van der Waals surface area contributed by atoms with Crippen LogP contribution in [-0.2, 0) is 14.3 Å². The Kier molecular flexibility index (Phi) is 8.29. The van der Waals surface area contributed by atoms with E-state index in [1.54, 1.807) is 11.6 Å². The zero-order valence-corrected chi connectivity index (χ0v) is 18.6. The van der Waals surface area contributed by atoms with Gasteiger partial charge in [0.2, 0.25) is 0 Å². The number of carbonyl (C=O) groups excluding carboxylic acids is 1. The van der Waals surface area contributed by atoms with Gasteiger partial charge in [0.05, 0.1) is 16.0 Å². The number of carbonyl (C=O) groups is 3. The molecule has 3 aliphatic heterocycles. The van der Waals surface area contributed by atoms with Gasteiger partial charge in [-0.2, -0.15) is 5.26 Å². The van der Waals surface area contributed by atoms with Crippen molar-refractivity contribution in [3.8, 4) is 16.5 Å². The van der Waals surface area contributed by atoms with Crippen LogP contribution in [0, 0.1) is 23.1 Å². The fourth-order valence-corrected chi connectivity index (χ4v) is 4.48. The quantitative estimate of drug-likeness (QED) is 0.539. The smallest absolute Gasteiger partial charge is 0.413 e. The van der Waals surface area contributed by atoms with Crippen LogP contribution in [0.5, 0.6) is 0 Å². The number of nitrogens with zero attached hydrogens (tertiary/aromatic N) is 3. The van der Waals surface area contributed by atoms with Crippen LogP contribution in [0.1, 0.15) is 18.4 Å². The first-order valence-corrected chi connectivity index (χ1v) is 11.1. The SMILES string of the molecule is N#Cc1cc(-c2scnc2NC(=O)O[C@H]2CN3CCC2CC3)ccc1F.O=C(O)/C=C/C(=O)O. The van der Waals surface area contributed by atoms with Crippen molar-refractivity contribution in [2.45, 2.75) is 18.9 Å². The molecule has 0 spiro atoms. The van der Waals surface area contributed by atoms with E-state index in [-0.39, 0.29) is 11.7 Å². The van der Waals surface area contributed by atoms with E-state index in [2.05, 4.69) is 15.2 Å². The number of hydrogen-bond donors (Lipinski definition) is 3. The molecule has 3 fully saturated rings. The van der Waals surface area contributed by atoms with Gasteiger partial charge in [-0.15, -0.1) is 11.3 Å². The average molecular weight is 488 g/mol. The van der Waals surface area contributed by atoms with Crippen LogP contribution in [0.3, 0.4) is 0 Å². The lowest BCUT2D eigenvalue weighted by atomic mass is 9.86. The minimum atomic E-state index is -1.26. The molecule has 3 N–H and O–H groups in total.